The molecule has 0 unspecified atom stereocenters. The van der Waals surface area contributed by atoms with E-state index in [2.05, 4.69) is 15.1 Å². The number of para-hydroxylation sites is 1. The molecule has 4 nitrogen and oxygen atoms in total. The number of benzene rings is 1. The summed E-state index contributed by atoms with van der Waals surface area (Å²) < 4.78 is 15.7. The highest BCUT2D eigenvalue weighted by atomic mass is 32.1. The van der Waals surface area contributed by atoms with E-state index >= 15 is 0 Å². The normalized spacial score (nSPS) is 12.3. The minimum absolute atomic E-state index is 0.297. The van der Waals surface area contributed by atoms with Crippen molar-refractivity contribution in [2.24, 2.45) is 10.1 Å². The van der Waals surface area contributed by atoms with Crippen molar-refractivity contribution < 1.29 is 4.39 Å². The summed E-state index contributed by atoms with van der Waals surface area (Å²) >= 11 is 3.05. The SMILES string of the molecule is Fc1ccccc1N=c1scc(-c2cccs2)n1N=Cc1ccc[nH]1. The van der Waals surface area contributed by atoms with Crippen molar-refractivity contribution in [1.82, 2.24) is 9.66 Å². The molecule has 0 radical (unpaired) electrons. The summed E-state index contributed by atoms with van der Waals surface area (Å²) in [5.74, 6) is -0.353. The highest BCUT2D eigenvalue weighted by Gasteiger charge is 2.09. The summed E-state index contributed by atoms with van der Waals surface area (Å²) in [4.78, 5) is 9.23. The number of thiophene rings is 1. The molecule has 124 valence electrons. The Morgan fingerprint density at radius 2 is 1.96 bits per heavy atom. The molecule has 1 aromatic carbocycles. The Bertz CT molecular complexity index is 1060. The number of halogens is 1. The van der Waals surface area contributed by atoms with Gasteiger partial charge in [0.15, 0.2) is 0 Å². The fraction of sp³-hybridized carbons (Fsp3) is 0. The van der Waals surface area contributed by atoms with Crippen molar-refractivity contribution in [3.05, 3.63) is 81.8 Å². The Balaban J connectivity index is 1.86. The molecule has 0 saturated heterocycles. The number of aromatic nitrogens is 2. The minimum atomic E-state index is -0.353. The zero-order chi connectivity index (χ0) is 17.1. The van der Waals surface area contributed by atoms with Gasteiger partial charge in [-0.05, 0) is 35.7 Å². The summed E-state index contributed by atoms with van der Waals surface area (Å²) in [6.07, 6.45) is 3.56. The molecule has 0 spiro atoms. The van der Waals surface area contributed by atoms with E-state index in [0.717, 1.165) is 16.3 Å². The van der Waals surface area contributed by atoms with Gasteiger partial charge < -0.3 is 4.98 Å². The zero-order valence-corrected chi connectivity index (χ0v) is 14.6. The highest BCUT2D eigenvalue weighted by Crippen LogP contribution is 2.25. The Morgan fingerprint density at radius 1 is 1.04 bits per heavy atom. The summed E-state index contributed by atoms with van der Waals surface area (Å²) in [5.41, 5.74) is 2.11. The van der Waals surface area contributed by atoms with Crippen molar-refractivity contribution in [1.29, 1.82) is 0 Å². The summed E-state index contributed by atoms with van der Waals surface area (Å²) in [5, 5.41) is 8.55. The molecular formula is C18H13FN4S2. The second-order valence-corrected chi connectivity index (χ2v) is 6.91. The van der Waals surface area contributed by atoms with Crippen LogP contribution in [0.1, 0.15) is 5.69 Å². The number of H-pyrrole nitrogens is 1. The van der Waals surface area contributed by atoms with Crippen LogP contribution in [0.3, 0.4) is 0 Å². The van der Waals surface area contributed by atoms with Crippen LogP contribution in [0.2, 0.25) is 0 Å². The van der Waals surface area contributed by atoms with E-state index in [4.69, 9.17) is 0 Å². The van der Waals surface area contributed by atoms with Crippen LogP contribution in [-0.2, 0) is 0 Å². The van der Waals surface area contributed by atoms with Gasteiger partial charge in [0, 0.05) is 11.6 Å². The quantitative estimate of drug-likeness (QED) is 0.500. The Labute approximate surface area is 151 Å². The minimum Gasteiger partial charge on any atom is -0.360 e. The first-order chi connectivity index (χ1) is 12.3. The maximum absolute atomic E-state index is 14.0. The fourth-order valence-electron chi connectivity index (χ4n) is 2.27. The first-order valence-electron chi connectivity index (χ1n) is 7.53. The smallest absolute Gasteiger partial charge is 0.211 e. The fourth-order valence-corrected chi connectivity index (χ4v) is 3.92. The number of rotatable bonds is 4. The maximum atomic E-state index is 14.0. The van der Waals surface area contributed by atoms with E-state index < -0.39 is 0 Å². The summed E-state index contributed by atoms with van der Waals surface area (Å²) in [6.45, 7) is 0. The number of nitrogens with zero attached hydrogens (tertiary/aromatic N) is 3. The van der Waals surface area contributed by atoms with Crippen LogP contribution < -0.4 is 4.80 Å². The molecule has 0 bridgehead atoms. The molecule has 7 heteroatoms. The van der Waals surface area contributed by atoms with Gasteiger partial charge >= 0.3 is 0 Å². The number of thiazole rings is 1. The van der Waals surface area contributed by atoms with E-state index in [-0.39, 0.29) is 5.82 Å². The van der Waals surface area contributed by atoms with Gasteiger partial charge in [-0.3, -0.25) is 0 Å². The first-order valence-corrected chi connectivity index (χ1v) is 9.28. The second kappa shape index (κ2) is 7.00. The largest absolute Gasteiger partial charge is 0.360 e. The number of hydrogen-bond donors (Lipinski definition) is 1. The van der Waals surface area contributed by atoms with Crippen LogP contribution in [0.4, 0.5) is 10.1 Å². The van der Waals surface area contributed by atoms with Crippen molar-refractivity contribution in [2.45, 2.75) is 0 Å². The average molecular weight is 368 g/mol. The van der Waals surface area contributed by atoms with Crippen molar-refractivity contribution >= 4 is 34.6 Å². The number of aromatic amines is 1. The molecule has 3 heterocycles. The van der Waals surface area contributed by atoms with E-state index in [9.17, 15) is 4.39 Å². The third kappa shape index (κ3) is 3.38. The third-order valence-corrected chi connectivity index (χ3v) is 5.17. The van der Waals surface area contributed by atoms with Gasteiger partial charge in [0.25, 0.3) is 0 Å². The lowest BCUT2D eigenvalue weighted by molar-refractivity contribution is 0.628. The summed E-state index contributed by atoms with van der Waals surface area (Å²) in [6, 6.07) is 14.3. The van der Waals surface area contributed by atoms with E-state index in [1.807, 2.05) is 41.2 Å². The predicted octanol–water partition coefficient (Wildman–Crippen LogP) is 4.86. The highest BCUT2D eigenvalue weighted by molar-refractivity contribution is 7.14. The number of hydrogen-bond acceptors (Lipinski definition) is 4. The van der Waals surface area contributed by atoms with Crippen LogP contribution in [-0.4, -0.2) is 15.9 Å². The van der Waals surface area contributed by atoms with E-state index in [1.54, 1.807) is 40.4 Å². The van der Waals surface area contributed by atoms with Crippen molar-refractivity contribution in [3.8, 4) is 10.6 Å². The van der Waals surface area contributed by atoms with Crippen LogP contribution >= 0.6 is 22.7 Å². The van der Waals surface area contributed by atoms with Crippen LogP contribution in [0.5, 0.6) is 0 Å². The van der Waals surface area contributed by atoms with Gasteiger partial charge in [0.2, 0.25) is 4.80 Å². The lowest BCUT2D eigenvalue weighted by atomic mass is 10.3. The van der Waals surface area contributed by atoms with Gasteiger partial charge in [-0.15, -0.1) is 22.7 Å². The molecule has 0 amide bonds. The average Bonchev–Trinajstić information content (AvgIpc) is 3.37. The summed E-state index contributed by atoms with van der Waals surface area (Å²) in [7, 11) is 0. The van der Waals surface area contributed by atoms with Gasteiger partial charge in [-0.25, -0.2) is 14.1 Å². The van der Waals surface area contributed by atoms with E-state index in [0.29, 0.717) is 10.5 Å². The van der Waals surface area contributed by atoms with E-state index in [1.165, 1.54) is 17.4 Å². The second-order valence-electron chi connectivity index (χ2n) is 5.13. The zero-order valence-electron chi connectivity index (χ0n) is 13.0. The van der Waals surface area contributed by atoms with Gasteiger partial charge in [0.05, 0.1) is 22.5 Å². The molecule has 0 atom stereocenters. The van der Waals surface area contributed by atoms with Crippen LogP contribution in [0.25, 0.3) is 10.6 Å². The molecule has 4 rings (SSSR count). The van der Waals surface area contributed by atoms with Crippen LogP contribution in [0.15, 0.2) is 75.6 Å². The first kappa shape index (κ1) is 15.7. The lowest BCUT2D eigenvalue weighted by Gasteiger charge is -2.01. The van der Waals surface area contributed by atoms with Crippen molar-refractivity contribution in [2.75, 3.05) is 0 Å². The molecule has 3 aromatic heterocycles. The Hall–Kier alpha value is -2.77. The molecule has 0 aliphatic rings. The van der Waals surface area contributed by atoms with Gasteiger partial charge in [-0.2, -0.15) is 5.10 Å². The molecule has 0 saturated carbocycles. The third-order valence-electron chi connectivity index (χ3n) is 3.46. The standard InChI is InChI=1S/C18H13FN4S2/c19-14-6-1-2-7-15(14)22-18-23(21-11-13-5-3-9-20-13)16(12-25-18)17-8-4-10-24-17/h1-12,20H. The lowest BCUT2D eigenvalue weighted by Crippen LogP contribution is -2.11. The Kier molecular flexibility index (Phi) is 4.41. The van der Waals surface area contributed by atoms with Gasteiger partial charge in [-0.1, -0.05) is 18.2 Å². The van der Waals surface area contributed by atoms with Gasteiger partial charge in [0.1, 0.15) is 11.5 Å². The molecule has 0 fully saturated rings. The molecule has 4 aromatic rings. The molecule has 1 N–H and O–H groups in total. The predicted molar refractivity (Wildman–Crippen MR) is 101 cm³/mol. The maximum Gasteiger partial charge on any atom is 0.211 e. The monoisotopic (exact) mass is 368 g/mol. The Morgan fingerprint density at radius 3 is 2.72 bits per heavy atom. The molecular weight excluding hydrogens is 355 g/mol. The topological polar surface area (TPSA) is 45.4 Å². The molecule has 0 aliphatic heterocycles. The van der Waals surface area contributed by atoms with Crippen LogP contribution in [0, 0.1) is 5.82 Å². The molecule has 25 heavy (non-hydrogen) atoms. The van der Waals surface area contributed by atoms with Crippen molar-refractivity contribution in [3.63, 3.8) is 0 Å². The number of nitrogens with one attached hydrogen (secondary N) is 1. The molecule has 0 aliphatic carbocycles.